The number of carboxylic acids is 1. The molecule has 0 amide bonds. The van der Waals surface area contributed by atoms with Crippen molar-refractivity contribution in [1.82, 2.24) is 19.9 Å². The zero-order valence-electron chi connectivity index (χ0n) is 20.5. The van der Waals surface area contributed by atoms with E-state index < -0.39 is 5.97 Å². The maximum atomic E-state index is 13.6. The van der Waals surface area contributed by atoms with Gasteiger partial charge in [0.1, 0.15) is 11.6 Å². The lowest BCUT2D eigenvalue weighted by atomic mass is 10.1. The van der Waals surface area contributed by atoms with Gasteiger partial charge < -0.3 is 24.5 Å². The maximum absolute atomic E-state index is 13.6. The van der Waals surface area contributed by atoms with Crippen molar-refractivity contribution in [1.29, 1.82) is 0 Å². The zero-order chi connectivity index (χ0) is 26.1. The molecule has 0 radical (unpaired) electrons. The second-order valence-corrected chi connectivity index (χ2v) is 9.56. The molecule has 5 rings (SSSR count). The van der Waals surface area contributed by atoms with E-state index in [2.05, 4.69) is 33.6 Å². The summed E-state index contributed by atoms with van der Waals surface area (Å²) in [7, 11) is 0. The largest absolute Gasteiger partial charge is 0.476 e. The van der Waals surface area contributed by atoms with Crippen molar-refractivity contribution >= 4 is 35.2 Å². The van der Waals surface area contributed by atoms with Gasteiger partial charge in [-0.05, 0) is 38.1 Å². The van der Waals surface area contributed by atoms with Gasteiger partial charge in [-0.3, -0.25) is 0 Å². The van der Waals surface area contributed by atoms with Crippen LogP contribution in [0.1, 0.15) is 24.3 Å². The van der Waals surface area contributed by atoms with Crippen molar-refractivity contribution in [3.63, 3.8) is 0 Å². The summed E-state index contributed by atoms with van der Waals surface area (Å²) in [5, 5.41) is 9.20. The summed E-state index contributed by atoms with van der Waals surface area (Å²) in [6, 6.07) is 8.37. The number of piperazine rings is 1. The van der Waals surface area contributed by atoms with Crippen molar-refractivity contribution in [2.75, 3.05) is 54.1 Å². The molecular weight excluding hydrogens is 501 g/mol. The van der Waals surface area contributed by atoms with Crippen LogP contribution in [-0.2, 0) is 4.74 Å². The summed E-state index contributed by atoms with van der Waals surface area (Å²) in [5.41, 5.74) is 1.32. The van der Waals surface area contributed by atoms with Crippen LogP contribution in [0.3, 0.4) is 0 Å². The second-order valence-electron chi connectivity index (χ2n) is 9.20. The Morgan fingerprint density at radius 3 is 2.54 bits per heavy atom. The molecule has 0 aliphatic carbocycles. The molecule has 1 aromatic carbocycles. The molecule has 1 unspecified atom stereocenters. The fraction of sp³-hybridized carbons (Fsp3) is 0.400. The number of aromatic carboxylic acids is 1. The number of rotatable bonds is 5. The minimum atomic E-state index is -1.18. The van der Waals surface area contributed by atoms with Gasteiger partial charge in [-0.1, -0.05) is 11.6 Å². The van der Waals surface area contributed by atoms with E-state index in [0.717, 1.165) is 11.4 Å². The van der Waals surface area contributed by atoms with Crippen LogP contribution in [0.5, 0.6) is 0 Å². The molecule has 37 heavy (non-hydrogen) atoms. The molecule has 12 heteroatoms. The van der Waals surface area contributed by atoms with Crippen molar-refractivity contribution in [2.24, 2.45) is 0 Å². The van der Waals surface area contributed by atoms with Crippen molar-refractivity contribution < 1.29 is 19.0 Å². The van der Waals surface area contributed by atoms with Gasteiger partial charge in [0.05, 0.1) is 31.1 Å². The van der Waals surface area contributed by atoms with E-state index in [1.54, 1.807) is 12.1 Å². The minimum Gasteiger partial charge on any atom is -0.476 e. The minimum absolute atomic E-state index is 0.0247. The van der Waals surface area contributed by atoms with Gasteiger partial charge in [0.15, 0.2) is 16.7 Å². The Hall–Kier alpha value is -3.57. The highest BCUT2D eigenvalue weighted by molar-refractivity contribution is 6.31. The van der Waals surface area contributed by atoms with E-state index in [-0.39, 0.29) is 28.7 Å². The van der Waals surface area contributed by atoms with Gasteiger partial charge in [0.2, 0.25) is 5.95 Å². The number of halogens is 2. The van der Waals surface area contributed by atoms with Gasteiger partial charge in [0.25, 0.3) is 0 Å². The first-order valence-electron chi connectivity index (χ1n) is 12.1. The Labute approximate surface area is 218 Å². The third-order valence-corrected chi connectivity index (χ3v) is 6.87. The van der Waals surface area contributed by atoms with E-state index in [0.29, 0.717) is 56.9 Å². The Balaban J connectivity index is 1.44. The molecule has 0 spiro atoms. The fourth-order valence-corrected chi connectivity index (χ4v) is 4.92. The summed E-state index contributed by atoms with van der Waals surface area (Å²) < 4.78 is 19.2. The highest BCUT2D eigenvalue weighted by Crippen LogP contribution is 2.30. The summed E-state index contributed by atoms with van der Waals surface area (Å²) >= 11 is 6.27. The van der Waals surface area contributed by atoms with Crippen LogP contribution in [0.15, 0.2) is 36.5 Å². The standard InChI is InChI=1S/C25H27ClFN7O3/c1-15-13-32(23-22(26)29-20(12-28-23)24(35)36)7-8-33(15)21-11-19(17-3-5-18(27)6-4-17)30-25(31-21)34-9-10-37-14-16(34)2/h3-6,11-12,15-16H,7-10,13-14H2,1-2H3,(H,35,36)/t15?,16-/m1/s1. The average molecular weight is 528 g/mol. The third-order valence-electron chi connectivity index (χ3n) is 6.62. The molecule has 2 saturated heterocycles. The first-order chi connectivity index (χ1) is 17.8. The molecule has 2 aliphatic heterocycles. The first kappa shape index (κ1) is 25.1. The number of nitrogens with zero attached hydrogens (tertiary/aromatic N) is 7. The Bertz CT molecular complexity index is 1300. The molecule has 10 nitrogen and oxygen atoms in total. The van der Waals surface area contributed by atoms with E-state index in [4.69, 9.17) is 31.4 Å². The van der Waals surface area contributed by atoms with Gasteiger partial charge >= 0.3 is 5.97 Å². The summed E-state index contributed by atoms with van der Waals surface area (Å²) in [4.78, 5) is 35.5. The number of morpholine rings is 1. The Morgan fingerprint density at radius 1 is 1.08 bits per heavy atom. The SMILES string of the molecule is CC1CN(c2ncc(C(=O)O)nc2Cl)CCN1c1cc(-c2ccc(F)cc2)nc(N2CCOC[C@H]2C)n1. The third kappa shape index (κ3) is 5.28. The van der Waals surface area contributed by atoms with Gasteiger partial charge in [-0.15, -0.1) is 0 Å². The molecule has 0 bridgehead atoms. The summed E-state index contributed by atoms with van der Waals surface area (Å²) in [6.45, 7) is 7.82. The van der Waals surface area contributed by atoms with Crippen LogP contribution >= 0.6 is 11.6 Å². The van der Waals surface area contributed by atoms with Crippen LogP contribution in [0.4, 0.5) is 22.0 Å². The van der Waals surface area contributed by atoms with Gasteiger partial charge in [-0.25, -0.2) is 24.1 Å². The number of hydrogen-bond donors (Lipinski definition) is 1. The number of carboxylic acid groups (broad SMARTS) is 1. The molecule has 2 aliphatic rings. The highest BCUT2D eigenvalue weighted by Gasteiger charge is 2.30. The van der Waals surface area contributed by atoms with Gasteiger partial charge in [-0.2, -0.15) is 4.98 Å². The lowest BCUT2D eigenvalue weighted by Crippen LogP contribution is -2.53. The zero-order valence-corrected chi connectivity index (χ0v) is 21.3. The molecular formula is C25H27ClFN7O3. The Morgan fingerprint density at radius 2 is 1.86 bits per heavy atom. The van der Waals surface area contributed by atoms with Crippen LogP contribution in [0.2, 0.25) is 5.15 Å². The monoisotopic (exact) mass is 527 g/mol. The lowest BCUT2D eigenvalue weighted by molar-refractivity contribution is 0.0690. The predicted molar refractivity (Wildman–Crippen MR) is 138 cm³/mol. The fourth-order valence-electron chi connectivity index (χ4n) is 4.66. The molecule has 4 heterocycles. The Kier molecular flexibility index (Phi) is 7.07. The number of anilines is 3. The number of ether oxygens (including phenoxy) is 1. The first-order valence-corrected chi connectivity index (χ1v) is 12.4. The van der Waals surface area contributed by atoms with Crippen LogP contribution < -0.4 is 14.7 Å². The van der Waals surface area contributed by atoms with Gasteiger partial charge in [0, 0.05) is 43.9 Å². The van der Waals surface area contributed by atoms with E-state index in [9.17, 15) is 9.18 Å². The smallest absolute Gasteiger partial charge is 0.356 e. The highest BCUT2D eigenvalue weighted by atomic mass is 35.5. The summed E-state index contributed by atoms with van der Waals surface area (Å²) in [5.74, 6) is 0.359. The predicted octanol–water partition coefficient (Wildman–Crippen LogP) is 3.36. The van der Waals surface area contributed by atoms with Crippen LogP contribution in [0.25, 0.3) is 11.3 Å². The quantitative estimate of drug-likeness (QED) is 0.530. The lowest BCUT2D eigenvalue weighted by Gasteiger charge is -2.41. The normalized spacial score (nSPS) is 20.3. The molecule has 2 aromatic heterocycles. The van der Waals surface area contributed by atoms with Crippen LogP contribution in [-0.4, -0.2) is 82.5 Å². The van der Waals surface area contributed by atoms with Crippen molar-refractivity contribution in [3.8, 4) is 11.3 Å². The average Bonchev–Trinajstić information content (AvgIpc) is 2.89. The maximum Gasteiger partial charge on any atom is 0.356 e. The number of carbonyl (C=O) groups is 1. The number of hydrogen-bond acceptors (Lipinski definition) is 9. The van der Waals surface area contributed by atoms with E-state index >= 15 is 0 Å². The topological polar surface area (TPSA) is 108 Å². The van der Waals surface area contributed by atoms with Crippen molar-refractivity contribution in [3.05, 3.63) is 53.2 Å². The van der Waals surface area contributed by atoms with E-state index in [1.807, 2.05) is 11.0 Å². The second kappa shape index (κ2) is 10.4. The number of benzene rings is 1. The number of aromatic nitrogens is 4. The molecule has 2 atom stereocenters. The molecule has 194 valence electrons. The molecule has 0 saturated carbocycles. The van der Waals surface area contributed by atoms with E-state index in [1.165, 1.54) is 18.3 Å². The molecule has 3 aromatic rings. The molecule has 1 N–H and O–H groups in total. The van der Waals surface area contributed by atoms with Crippen LogP contribution in [0, 0.1) is 5.82 Å². The molecule has 2 fully saturated rings. The van der Waals surface area contributed by atoms with Crippen molar-refractivity contribution in [2.45, 2.75) is 25.9 Å². The summed E-state index contributed by atoms with van der Waals surface area (Å²) in [6.07, 6.45) is 1.22.